The first-order valence-electron chi connectivity index (χ1n) is 7.81. The summed E-state index contributed by atoms with van der Waals surface area (Å²) in [7, 11) is 0. The summed E-state index contributed by atoms with van der Waals surface area (Å²) in [6.45, 7) is 6.96. The van der Waals surface area contributed by atoms with Crippen LogP contribution in [-0.4, -0.2) is 36.5 Å². The third kappa shape index (κ3) is 2.92. The summed E-state index contributed by atoms with van der Waals surface area (Å²) >= 11 is 3.46. The molecule has 0 radical (unpaired) electrons. The highest BCUT2D eigenvalue weighted by molar-refractivity contribution is 9.10. The van der Waals surface area contributed by atoms with Crippen LogP contribution in [0, 0.1) is 6.92 Å². The number of aryl methyl sites for hydroxylation is 1. The first kappa shape index (κ1) is 15.6. The predicted molar refractivity (Wildman–Crippen MR) is 91.3 cm³/mol. The highest BCUT2D eigenvalue weighted by atomic mass is 79.9. The topological polar surface area (TPSA) is 45.5 Å². The largest absolute Gasteiger partial charge is 0.451 e. The number of benzene rings is 1. The number of nitrogens with zero attached hydrogens (tertiary/aromatic N) is 1. The lowest BCUT2D eigenvalue weighted by molar-refractivity contribution is 0.0915. The third-order valence-corrected chi connectivity index (χ3v) is 5.00. The van der Waals surface area contributed by atoms with Crippen molar-refractivity contribution in [2.75, 3.05) is 19.6 Å². The fourth-order valence-electron chi connectivity index (χ4n) is 3.24. The lowest BCUT2D eigenvalue weighted by Crippen LogP contribution is -2.40. The zero-order chi connectivity index (χ0) is 15.7. The number of carbonyl (C=O) groups excluding carboxylic acids is 1. The number of halogens is 1. The molecule has 2 aromatic rings. The van der Waals surface area contributed by atoms with E-state index in [1.165, 1.54) is 6.42 Å². The van der Waals surface area contributed by atoms with E-state index in [1.54, 1.807) is 0 Å². The van der Waals surface area contributed by atoms with Crippen molar-refractivity contribution in [3.05, 3.63) is 34.0 Å². The maximum atomic E-state index is 12.4. The molecule has 1 saturated heterocycles. The SMILES string of the molecule is CCN1CCCC1CNC(=O)c1oc2ccc(Br)cc2c1C. The maximum absolute atomic E-state index is 12.4. The lowest BCUT2D eigenvalue weighted by atomic mass is 10.1. The molecule has 5 heteroatoms. The van der Waals surface area contributed by atoms with Crippen molar-refractivity contribution >= 4 is 32.8 Å². The highest BCUT2D eigenvalue weighted by Gasteiger charge is 2.24. The number of rotatable bonds is 4. The molecule has 0 spiro atoms. The fourth-order valence-corrected chi connectivity index (χ4v) is 3.60. The maximum Gasteiger partial charge on any atom is 0.287 e. The Morgan fingerprint density at radius 1 is 1.50 bits per heavy atom. The van der Waals surface area contributed by atoms with E-state index in [2.05, 4.69) is 33.1 Å². The molecule has 1 atom stereocenters. The number of fused-ring (bicyclic) bond motifs is 1. The molecule has 1 aromatic heterocycles. The molecule has 0 bridgehead atoms. The lowest BCUT2D eigenvalue weighted by Gasteiger charge is -2.22. The summed E-state index contributed by atoms with van der Waals surface area (Å²) in [5.74, 6) is 0.307. The number of carbonyl (C=O) groups is 1. The summed E-state index contributed by atoms with van der Waals surface area (Å²) < 4.78 is 6.72. The molecular formula is C17H21BrN2O2. The van der Waals surface area contributed by atoms with E-state index in [0.29, 0.717) is 18.3 Å². The number of likely N-dealkylation sites (N-methyl/N-ethyl adjacent to an activating group) is 1. The van der Waals surface area contributed by atoms with Gasteiger partial charge in [0.1, 0.15) is 5.58 Å². The van der Waals surface area contributed by atoms with Gasteiger partial charge in [0.15, 0.2) is 5.76 Å². The molecule has 0 saturated carbocycles. The summed E-state index contributed by atoms with van der Waals surface area (Å²) in [4.78, 5) is 14.9. The summed E-state index contributed by atoms with van der Waals surface area (Å²) in [5.41, 5.74) is 1.65. The number of nitrogens with one attached hydrogen (secondary N) is 1. The second-order valence-electron chi connectivity index (χ2n) is 5.83. The molecule has 1 aliphatic rings. The Labute approximate surface area is 139 Å². The van der Waals surface area contributed by atoms with E-state index in [0.717, 1.165) is 40.5 Å². The van der Waals surface area contributed by atoms with Gasteiger partial charge in [-0.25, -0.2) is 0 Å². The molecule has 22 heavy (non-hydrogen) atoms. The molecule has 1 unspecified atom stereocenters. The van der Waals surface area contributed by atoms with Gasteiger partial charge in [-0.3, -0.25) is 9.69 Å². The standard InChI is InChI=1S/C17H21BrN2O2/c1-3-20-8-4-5-13(20)10-19-17(21)16-11(2)14-9-12(18)6-7-15(14)22-16/h6-7,9,13H,3-5,8,10H2,1-2H3,(H,19,21). The van der Waals surface area contributed by atoms with Crippen LogP contribution in [0.3, 0.4) is 0 Å². The Bertz CT molecular complexity index is 695. The van der Waals surface area contributed by atoms with Gasteiger partial charge in [-0.2, -0.15) is 0 Å². The smallest absolute Gasteiger partial charge is 0.287 e. The minimum Gasteiger partial charge on any atom is -0.451 e. The fraction of sp³-hybridized carbons (Fsp3) is 0.471. The van der Waals surface area contributed by atoms with E-state index >= 15 is 0 Å². The normalized spacial score (nSPS) is 19.0. The Morgan fingerprint density at radius 2 is 2.32 bits per heavy atom. The van der Waals surface area contributed by atoms with Gasteiger partial charge in [0, 0.05) is 28.0 Å². The van der Waals surface area contributed by atoms with Gasteiger partial charge in [0.2, 0.25) is 0 Å². The van der Waals surface area contributed by atoms with Crippen molar-refractivity contribution in [3.8, 4) is 0 Å². The molecule has 118 valence electrons. The Hall–Kier alpha value is -1.33. The molecule has 1 aliphatic heterocycles. The molecule has 1 amide bonds. The van der Waals surface area contributed by atoms with Gasteiger partial charge in [0.25, 0.3) is 5.91 Å². The number of amides is 1. The van der Waals surface area contributed by atoms with Gasteiger partial charge in [-0.15, -0.1) is 0 Å². The highest BCUT2D eigenvalue weighted by Crippen LogP contribution is 2.28. The van der Waals surface area contributed by atoms with Gasteiger partial charge < -0.3 is 9.73 Å². The van der Waals surface area contributed by atoms with E-state index in [-0.39, 0.29) is 5.91 Å². The second kappa shape index (κ2) is 6.42. The Balaban J connectivity index is 1.74. The van der Waals surface area contributed by atoms with Crippen molar-refractivity contribution in [2.45, 2.75) is 32.7 Å². The van der Waals surface area contributed by atoms with Gasteiger partial charge in [-0.05, 0) is 51.1 Å². The van der Waals surface area contributed by atoms with Crippen LogP contribution in [0.25, 0.3) is 11.0 Å². The summed E-state index contributed by atoms with van der Waals surface area (Å²) in [6.07, 6.45) is 2.37. The molecule has 0 aliphatic carbocycles. The quantitative estimate of drug-likeness (QED) is 0.898. The molecule has 3 rings (SSSR count). The van der Waals surface area contributed by atoms with E-state index in [4.69, 9.17) is 4.42 Å². The number of likely N-dealkylation sites (tertiary alicyclic amines) is 1. The van der Waals surface area contributed by atoms with Gasteiger partial charge in [-0.1, -0.05) is 22.9 Å². The van der Waals surface area contributed by atoms with Crippen LogP contribution in [0.4, 0.5) is 0 Å². The van der Waals surface area contributed by atoms with Crippen LogP contribution in [0.5, 0.6) is 0 Å². The summed E-state index contributed by atoms with van der Waals surface area (Å²) in [6, 6.07) is 6.25. The molecule has 4 nitrogen and oxygen atoms in total. The molecule has 2 heterocycles. The van der Waals surface area contributed by atoms with Crippen LogP contribution in [0.2, 0.25) is 0 Å². The van der Waals surface area contributed by atoms with Crippen molar-refractivity contribution in [1.29, 1.82) is 0 Å². The van der Waals surface area contributed by atoms with E-state index in [1.807, 2.05) is 25.1 Å². The van der Waals surface area contributed by atoms with Gasteiger partial charge in [0.05, 0.1) is 0 Å². The molecule has 1 N–H and O–H groups in total. The van der Waals surface area contributed by atoms with Crippen molar-refractivity contribution in [2.24, 2.45) is 0 Å². The van der Waals surface area contributed by atoms with E-state index < -0.39 is 0 Å². The monoisotopic (exact) mass is 364 g/mol. The van der Waals surface area contributed by atoms with Crippen LogP contribution in [0.1, 0.15) is 35.9 Å². The first-order valence-corrected chi connectivity index (χ1v) is 8.60. The Morgan fingerprint density at radius 3 is 3.09 bits per heavy atom. The first-order chi connectivity index (χ1) is 10.6. The predicted octanol–water partition coefficient (Wildman–Crippen LogP) is 3.72. The van der Waals surface area contributed by atoms with Crippen LogP contribution < -0.4 is 5.32 Å². The third-order valence-electron chi connectivity index (χ3n) is 4.51. The summed E-state index contributed by atoms with van der Waals surface area (Å²) in [5, 5.41) is 4.02. The molecule has 1 fully saturated rings. The minimum absolute atomic E-state index is 0.118. The minimum atomic E-state index is -0.118. The van der Waals surface area contributed by atoms with E-state index in [9.17, 15) is 4.79 Å². The van der Waals surface area contributed by atoms with Crippen LogP contribution in [0.15, 0.2) is 27.1 Å². The number of furan rings is 1. The van der Waals surface area contributed by atoms with Crippen LogP contribution >= 0.6 is 15.9 Å². The zero-order valence-corrected chi connectivity index (χ0v) is 14.6. The Kier molecular flexibility index (Phi) is 4.54. The second-order valence-corrected chi connectivity index (χ2v) is 6.75. The number of hydrogen-bond acceptors (Lipinski definition) is 3. The van der Waals surface area contributed by atoms with Crippen molar-refractivity contribution in [1.82, 2.24) is 10.2 Å². The zero-order valence-electron chi connectivity index (χ0n) is 13.0. The average Bonchev–Trinajstić information content (AvgIpc) is 3.10. The van der Waals surface area contributed by atoms with Gasteiger partial charge >= 0.3 is 0 Å². The average molecular weight is 365 g/mol. The van der Waals surface area contributed by atoms with Crippen molar-refractivity contribution < 1.29 is 9.21 Å². The van der Waals surface area contributed by atoms with Crippen molar-refractivity contribution in [3.63, 3.8) is 0 Å². The van der Waals surface area contributed by atoms with Crippen LogP contribution in [-0.2, 0) is 0 Å². The molecule has 1 aromatic carbocycles. The molecular weight excluding hydrogens is 344 g/mol. The number of hydrogen-bond donors (Lipinski definition) is 1.